The average Bonchev–Trinajstić information content (AvgIpc) is 3.09. The van der Waals surface area contributed by atoms with Gasteiger partial charge in [-0.3, -0.25) is 4.90 Å². The van der Waals surface area contributed by atoms with Crippen molar-refractivity contribution in [2.75, 3.05) is 19.6 Å². The smallest absolute Gasteiger partial charge is 0.123 e. The SMILES string of the molecule is Cl.NCC1CCN(Cc2ccnn2-c2ccc(F)cc2)C1. The van der Waals surface area contributed by atoms with Gasteiger partial charge in [0.1, 0.15) is 5.82 Å². The highest BCUT2D eigenvalue weighted by Gasteiger charge is 2.22. The molecule has 0 aliphatic carbocycles. The zero-order valence-electron chi connectivity index (χ0n) is 11.8. The van der Waals surface area contributed by atoms with E-state index in [9.17, 15) is 4.39 Å². The maximum absolute atomic E-state index is 13.0. The first-order chi connectivity index (χ1) is 9.76. The topological polar surface area (TPSA) is 47.1 Å². The Morgan fingerprint density at radius 2 is 2.00 bits per heavy atom. The Kier molecular flexibility index (Phi) is 5.33. The van der Waals surface area contributed by atoms with E-state index in [-0.39, 0.29) is 18.2 Å². The fourth-order valence-electron chi connectivity index (χ4n) is 2.74. The van der Waals surface area contributed by atoms with E-state index in [0.29, 0.717) is 5.92 Å². The lowest BCUT2D eigenvalue weighted by Crippen LogP contribution is -2.24. The lowest BCUT2D eigenvalue weighted by atomic mass is 10.1. The van der Waals surface area contributed by atoms with Gasteiger partial charge in [-0.2, -0.15) is 5.10 Å². The summed E-state index contributed by atoms with van der Waals surface area (Å²) in [5, 5.41) is 4.34. The van der Waals surface area contributed by atoms with E-state index >= 15 is 0 Å². The second kappa shape index (κ2) is 7.02. The molecule has 1 saturated heterocycles. The van der Waals surface area contributed by atoms with Gasteiger partial charge >= 0.3 is 0 Å². The van der Waals surface area contributed by atoms with Crippen LogP contribution >= 0.6 is 12.4 Å². The number of nitrogens with two attached hydrogens (primary N) is 1. The maximum Gasteiger partial charge on any atom is 0.123 e. The van der Waals surface area contributed by atoms with Crippen molar-refractivity contribution >= 4 is 12.4 Å². The van der Waals surface area contributed by atoms with E-state index in [1.807, 2.05) is 10.7 Å². The van der Waals surface area contributed by atoms with Crippen LogP contribution in [0.15, 0.2) is 36.5 Å². The standard InChI is InChI=1S/C15H19FN4.ClH/c16-13-1-3-14(4-2-13)20-15(5-7-18-20)11-19-8-6-12(9-17)10-19;/h1-5,7,12H,6,8-11,17H2;1H. The molecule has 21 heavy (non-hydrogen) atoms. The molecule has 0 radical (unpaired) electrons. The molecule has 114 valence electrons. The fourth-order valence-corrected chi connectivity index (χ4v) is 2.74. The highest BCUT2D eigenvalue weighted by atomic mass is 35.5. The van der Waals surface area contributed by atoms with Gasteiger partial charge in [-0.25, -0.2) is 9.07 Å². The van der Waals surface area contributed by atoms with Gasteiger partial charge in [-0.05, 0) is 55.8 Å². The molecule has 3 rings (SSSR count). The van der Waals surface area contributed by atoms with Crippen molar-refractivity contribution in [3.05, 3.63) is 48.0 Å². The van der Waals surface area contributed by atoms with Crippen LogP contribution in [0.25, 0.3) is 5.69 Å². The van der Waals surface area contributed by atoms with Crippen LogP contribution in [0.5, 0.6) is 0 Å². The van der Waals surface area contributed by atoms with Gasteiger partial charge in [0.05, 0.1) is 11.4 Å². The second-order valence-corrected chi connectivity index (χ2v) is 5.34. The van der Waals surface area contributed by atoms with E-state index in [0.717, 1.165) is 37.6 Å². The third kappa shape index (κ3) is 3.61. The third-order valence-corrected chi connectivity index (χ3v) is 3.88. The predicted octanol–water partition coefficient (Wildman–Crippen LogP) is 2.21. The van der Waals surface area contributed by atoms with Crippen LogP contribution in [0.3, 0.4) is 0 Å². The Balaban J connectivity index is 0.00000161. The molecule has 4 nitrogen and oxygen atoms in total. The monoisotopic (exact) mass is 310 g/mol. The van der Waals surface area contributed by atoms with Crippen LogP contribution in [-0.2, 0) is 6.54 Å². The fraction of sp³-hybridized carbons (Fsp3) is 0.400. The Labute approximate surface area is 130 Å². The lowest BCUT2D eigenvalue weighted by Gasteiger charge is -2.16. The van der Waals surface area contributed by atoms with E-state index in [2.05, 4.69) is 10.00 Å². The van der Waals surface area contributed by atoms with Gasteiger partial charge < -0.3 is 5.73 Å². The summed E-state index contributed by atoms with van der Waals surface area (Å²) in [7, 11) is 0. The zero-order valence-corrected chi connectivity index (χ0v) is 12.6. The molecular weight excluding hydrogens is 291 g/mol. The number of benzene rings is 1. The van der Waals surface area contributed by atoms with Crippen molar-refractivity contribution in [1.82, 2.24) is 14.7 Å². The number of halogens is 2. The number of likely N-dealkylation sites (tertiary alicyclic amines) is 1. The molecule has 1 atom stereocenters. The van der Waals surface area contributed by atoms with Crippen LogP contribution in [0.4, 0.5) is 4.39 Å². The largest absolute Gasteiger partial charge is 0.330 e. The first kappa shape index (κ1) is 15.9. The van der Waals surface area contributed by atoms with Crippen LogP contribution in [0, 0.1) is 11.7 Å². The summed E-state index contributed by atoms with van der Waals surface area (Å²) in [5.74, 6) is 0.380. The summed E-state index contributed by atoms with van der Waals surface area (Å²) in [4.78, 5) is 2.40. The molecule has 1 aromatic heterocycles. The predicted molar refractivity (Wildman–Crippen MR) is 83.2 cm³/mol. The maximum atomic E-state index is 13.0. The molecule has 2 N–H and O–H groups in total. The Hall–Kier alpha value is -1.43. The minimum Gasteiger partial charge on any atom is -0.330 e. The normalized spacial score (nSPS) is 18.7. The van der Waals surface area contributed by atoms with Gasteiger partial charge in [-0.15, -0.1) is 12.4 Å². The summed E-state index contributed by atoms with van der Waals surface area (Å²) in [6.45, 7) is 3.74. The molecule has 2 aromatic rings. The summed E-state index contributed by atoms with van der Waals surface area (Å²) in [6.07, 6.45) is 2.95. The first-order valence-electron chi connectivity index (χ1n) is 6.97. The van der Waals surface area contributed by atoms with Crippen molar-refractivity contribution in [2.45, 2.75) is 13.0 Å². The lowest BCUT2D eigenvalue weighted by molar-refractivity contribution is 0.311. The van der Waals surface area contributed by atoms with Crippen molar-refractivity contribution in [1.29, 1.82) is 0 Å². The van der Waals surface area contributed by atoms with Crippen LogP contribution in [0.1, 0.15) is 12.1 Å². The summed E-state index contributed by atoms with van der Waals surface area (Å²) in [5.41, 5.74) is 7.73. The quantitative estimate of drug-likeness (QED) is 0.942. The second-order valence-electron chi connectivity index (χ2n) is 5.34. The molecule has 0 bridgehead atoms. The van der Waals surface area contributed by atoms with Crippen molar-refractivity contribution in [2.24, 2.45) is 11.7 Å². The number of hydrogen-bond donors (Lipinski definition) is 1. The number of aromatic nitrogens is 2. The minimum atomic E-state index is -0.229. The Morgan fingerprint density at radius 3 is 2.67 bits per heavy atom. The molecule has 2 heterocycles. The number of rotatable bonds is 4. The van der Waals surface area contributed by atoms with E-state index < -0.39 is 0 Å². The van der Waals surface area contributed by atoms with Crippen molar-refractivity contribution in [3.63, 3.8) is 0 Å². The van der Waals surface area contributed by atoms with Crippen molar-refractivity contribution in [3.8, 4) is 5.69 Å². The highest BCUT2D eigenvalue weighted by molar-refractivity contribution is 5.85. The molecule has 1 fully saturated rings. The Bertz CT molecular complexity index is 569. The average molecular weight is 311 g/mol. The van der Waals surface area contributed by atoms with Crippen LogP contribution in [-0.4, -0.2) is 34.3 Å². The Morgan fingerprint density at radius 1 is 1.24 bits per heavy atom. The van der Waals surface area contributed by atoms with Gasteiger partial charge in [0, 0.05) is 19.3 Å². The van der Waals surface area contributed by atoms with Crippen LogP contribution < -0.4 is 5.73 Å². The molecular formula is C15H20ClFN4. The molecule has 0 amide bonds. The first-order valence-corrected chi connectivity index (χ1v) is 6.97. The molecule has 1 aliphatic heterocycles. The van der Waals surface area contributed by atoms with Gasteiger partial charge in [0.25, 0.3) is 0 Å². The highest BCUT2D eigenvalue weighted by Crippen LogP contribution is 2.19. The molecule has 0 spiro atoms. The molecule has 1 aliphatic rings. The molecule has 1 aromatic carbocycles. The van der Waals surface area contributed by atoms with E-state index in [1.165, 1.54) is 18.6 Å². The van der Waals surface area contributed by atoms with E-state index in [1.54, 1.807) is 18.3 Å². The number of hydrogen-bond acceptors (Lipinski definition) is 3. The van der Waals surface area contributed by atoms with Crippen molar-refractivity contribution < 1.29 is 4.39 Å². The van der Waals surface area contributed by atoms with E-state index in [4.69, 9.17) is 5.73 Å². The molecule has 1 unspecified atom stereocenters. The summed E-state index contributed by atoms with van der Waals surface area (Å²) in [6, 6.07) is 8.43. The molecule has 0 saturated carbocycles. The van der Waals surface area contributed by atoms with Crippen LogP contribution in [0.2, 0.25) is 0 Å². The van der Waals surface area contributed by atoms with Gasteiger partial charge in [-0.1, -0.05) is 0 Å². The van der Waals surface area contributed by atoms with Gasteiger partial charge in [0.15, 0.2) is 0 Å². The number of nitrogens with zero attached hydrogens (tertiary/aromatic N) is 3. The zero-order chi connectivity index (χ0) is 13.9. The minimum absolute atomic E-state index is 0. The summed E-state index contributed by atoms with van der Waals surface area (Å²) >= 11 is 0. The third-order valence-electron chi connectivity index (χ3n) is 3.88. The summed E-state index contributed by atoms with van der Waals surface area (Å²) < 4.78 is 14.9. The molecule has 6 heteroatoms. The van der Waals surface area contributed by atoms with Gasteiger partial charge in [0.2, 0.25) is 0 Å².